The van der Waals surface area contributed by atoms with Gasteiger partial charge in [-0.2, -0.15) is 18.4 Å². The van der Waals surface area contributed by atoms with E-state index in [2.05, 4.69) is 10.3 Å². The van der Waals surface area contributed by atoms with Crippen LogP contribution in [-0.4, -0.2) is 34.5 Å². The highest BCUT2D eigenvalue weighted by atomic mass is 32.1. The Kier molecular flexibility index (Phi) is 4.46. The molecule has 0 bridgehead atoms. The first kappa shape index (κ1) is 18.9. The van der Waals surface area contributed by atoms with E-state index in [9.17, 15) is 27.2 Å². The minimum atomic E-state index is -5.03. The summed E-state index contributed by atoms with van der Waals surface area (Å²) < 4.78 is 80.4. The van der Waals surface area contributed by atoms with Gasteiger partial charge in [-0.1, -0.05) is 0 Å². The number of nitrogens with one attached hydrogen (secondary N) is 1. The fraction of sp³-hybridized carbons (Fsp3) is 0.286. The monoisotopic (exact) mass is 480 g/mol. The van der Waals surface area contributed by atoms with Crippen molar-refractivity contribution in [2.24, 2.45) is 0 Å². The van der Waals surface area contributed by atoms with Crippen molar-refractivity contribution in [2.45, 2.75) is 31.0 Å². The van der Waals surface area contributed by atoms with Crippen LogP contribution in [-0.2, 0) is 11.0 Å². The number of aromatic nitrogens is 1. The summed E-state index contributed by atoms with van der Waals surface area (Å²) in [5.74, 6) is -2.99. The molecule has 2 aromatic rings. The molecule has 2 fully saturated rings. The second kappa shape index (κ2) is 7.77. The van der Waals surface area contributed by atoms with Crippen molar-refractivity contribution in [2.75, 3.05) is 16.8 Å². The molecule has 2 amide bonds. The lowest BCUT2D eigenvalue weighted by atomic mass is 9.75. The van der Waals surface area contributed by atoms with Gasteiger partial charge in [0, 0.05) is 12.7 Å². The smallest absolute Gasteiger partial charge is 0.355 e. The molecule has 33 heavy (non-hydrogen) atoms. The lowest BCUT2D eigenvalue weighted by molar-refractivity contribution is -0.138. The van der Waals surface area contributed by atoms with Crippen LogP contribution in [0.25, 0.3) is 0 Å². The van der Waals surface area contributed by atoms with Gasteiger partial charge in [0.15, 0.2) is 10.8 Å². The second-order valence-corrected chi connectivity index (χ2v) is 7.70. The summed E-state index contributed by atoms with van der Waals surface area (Å²) in [7, 11) is 1.23. The van der Waals surface area contributed by atoms with Gasteiger partial charge >= 0.3 is 6.18 Å². The van der Waals surface area contributed by atoms with Gasteiger partial charge < -0.3 is 10.2 Å². The maximum Gasteiger partial charge on any atom is 0.419 e. The quantitative estimate of drug-likeness (QED) is 0.534. The molecule has 170 valence electrons. The molecule has 1 spiro atoms. The van der Waals surface area contributed by atoms with Gasteiger partial charge in [-0.3, -0.25) is 14.5 Å². The van der Waals surface area contributed by atoms with Crippen LogP contribution >= 0.6 is 12.2 Å². The Hall–Kier alpha value is -3.59. The van der Waals surface area contributed by atoms with Crippen molar-refractivity contribution >= 4 is 40.5 Å². The molecule has 2 heterocycles. The molecule has 1 saturated heterocycles. The Morgan fingerprint density at radius 2 is 2.09 bits per heavy atom. The molecule has 1 aliphatic carbocycles. The Labute approximate surface area is 194 Å². The maximum atomic E-state index is 15.0. The van der Waals surface area contributed by atoms with Crippen molar-refractivity contribution in [1.82, 2.24) is 10.3 Å². The third-order valence-electron chi connectivity index (χ3n) is 5.58. The summed E-state index contributed by atoms with van der Waals surface area (Å²) in [6.45, 7) is 0. The first-order chi connectivity index (χ1) is 16.8. The van der Waals surface area contributed by atoms with Gasteiger partial charge in [0.1, 0.15) is 17.4 Å². The maximum absolute atomic E-state index is 15.0. The molecule has 7 nitrogen and oxygen atoms in total. The van der Waals surface area contributed by atoms with Crippen LogP contribution in [0.2, 0.25) is 0 Å². The Morgan fingerprint density at radius 3 is 2.64 bits per heavy atom. The number of benzene rings is 1. The SMILES string of the molecule is [2H]c1cc(C(=O)NC)c(F)c([2H])c1N1C(=S)N(c2cc(C(F)(F)F)c(C#N)nc2[2H])C(=O)C12CCC2. The molecule has 2 aliphatic rings. The van der Waals surface area contributed by atoms with Crippen LogP contribution < -0.4 is 15.1 Å². The van der Waals surface area contributed by atoms with Crippen LogP contribution in [0.15, 0.2) is 30.4 Å². The van der Waals surface area contributed by atoms with E-state index in [1.54, 1.807) is 0 Å². The van der Waals surface area contributed by atoms with Crippen LogP contribution in [0, 0.1) is 17.1 Å². The molecule has 0 radical (unpaired) electrons. The molecular weight excluding hydrogens is 462 g/mol. The lowest BCUT2D eigenvalue weighted by Gasteiger charge is -2.43. The standard InChI is InChI=1S/C21H15F4N5O2S/c1-27-17(31)13-4-3-11(8-15(13)22)30-19(33)29(18(32)20(30)5-2-6-20)12-7-14(21(23,24)25)16(9-26)28-10-12/h3-4,7-8,10H,2,5-6H2,1H3,(H,27,31)/i3D,8D,10D. The van der Waals surface area contributed by atoms with Gasteiger partial charge in [0.05, 0.1) is 27.1 Å². The predicted molar refractivity (Wildman–Crippen MR) is 113 cm³/mol. The fourth-order valence-electron chi connectivity index (χ4n) is 3.80. The number of rotatable bonds is 3. The summed E-state index contributed by atoms with van der Waals surface area (Å²) in [6.07, 6.45) is -5.11. The lowest BCUT2D eigenvalue weighted by Crippen LogP contribution is -2.55. The molecule has 1 aromatic carbocycles. The summed E-state index contributed by atoms with van der Waals surface area (Å²) in [6, 6.07) is 1.15. The number of nitriles is 1. The molecule has 0 unspecified atom stereocenters. The minimum Gasteiger partial charge on any atom is -0.355 e. The Morgan fingerprint density at radius 1 is 1.39 bits per heavy atom. The largest absolute Gasteiger partial charge is 0.419 e. The van der Waals surface area contributed by atoms with Crippen molar-refractivity contribution in [3.63, 3.8) is 0 Å². The number of thiocarbonyl (C=S) groups is 1. The average molecular weight is 480 g/mol. The van der Waals surface area contributed by atoms with E-state index in [1.807, 2.05) is 0 Å². The number of pyridine rings is 1. The fourth-order valence-corrected chi connectivity index (χ4v) is 4.25. The van der Waals surface area contributed by atoms with E-state index in [1.165, 1.54) is 13.1 Å². The van der Waals surface area contributed by atoms with E-state index in [0.717, 1.165) is 11.0 Å². The summed E-state index contributed by atoms with van der Waals surface area (Å²) in [5, 5.41) is 10.7. The van der Waals surface area contributed by atoms with Gasteiger partial charge in [0.25, 0.3) is 11.8 Å². The van der Waals surface area contributed by atoms with Crippen LogP contribution in [0.4, 0.5) is 28.9 Å². The molecule has 0 atom stereocenters. The number of anilines is 2. The van der Waals surface area contributed by atoms with Crippen LogP contribution in [0.1, 0.15) is 45.0 Å². The van der Waals surface area contributed by atoms with Crippen molar-refractivity contribution < 1.29 is 31.3 Å². The van der Waals surface area contributed by atoms with Crippen molar-refractivity contribution in [3.8, 4) is 6.07 Å². The number of halogens is 4. The highest BCUT2D eigenvalue weighted by molar-refractivity contribution is 7.81. The van der Waals surface area contributed by atoms with Gasteiger partial charge in [-0.05, 0) is 55.7 Å². The number of alkyl halides is 3. The number of hydrogen-bond donors (Lipinski definition) is 1. The first-order valence-electron chi connectivity index (χ1n) is 11.0. The molecule has 1 aliphatic heterocycles. The molecule has 1 N–H and O–H groups in total. The van der Waals surface area contributed by atoms with Crippen molar-refractivity contribution in [1.29, 1.82) is 5.26 Å². The molecule has 12 heteroatoms. The van der Waals surface area contributed by atoms with Crippen LogP contribution in [0.5, 0.6) is 0 Å². The first-order valence-corrected chi connectivity index (χ1v) is 9.90. The van der Waals surface area contributed by atoms with Crippen LogP contribution in [0.3, 0.4) is 0 Å². The zero-order chi connectivity index (χ0) is 26.7. The topological polar surface area (TPSA) is 89.3 Å². The Balaban J connectivity index is 1.92. The average Bonchev–Trinajstić information content (AvgIpc) is 3.01. The number of carbonyl (C=O) groups is 2. The number of carbonyl (C=O) groups excluding carboxylic acids is 2. The van der Waals surface area contributed by atoms with E-state index >= 15 is 0 Å². The zero-order valence-corrected chi connectivity index (χ0v) is 17.6. The molecule has 1 aromatic heterocycles. The number of amides is 2. The molecule has 4 rings (SSSR count). The summed E-state index contributed by atoms with van der Waals surface area (Å²) in [4.78, 5) is 30.6. The summed E-state index contributed by atoms with van der Waals surface area (Å²) in [5.41, 5.74) is -5.72. The second-order valence-electron chi connectivity index (χ2n) is 7.34. The normalized spacial score (nSPS) is 18.5. The van der Waals surface area contributed by atoms with E-state index in [0.29, 0.717) is 17.4 Å². The number of nitrogens with zero attached hydrogens (tertiary/aromatic N) is 4. The zero-order valence-electron chi connectivity index (χ0n) is 19.8. The highest BCUT2D eigenvalue weighted by Crippen LogP contribution is 2.48. The van der Waals surface area contributed by atoms with Gasteiger partial charge in [-0.25, -0.2) is 9.37 Å². The Bertz CT molecular complexity index is 1390. The summed E-state index contributed by atoms with van der Waals surface area (Å²) >= 11 is 5.38. The predicted octanol–water partition coefficient (Wildman–Crippen LogP) is 3.53. The molecular formula is C21H15F4N5O2S. The minimum absolute atomic E-state index is 0.128. The molecule has 1 saturated carbocycles. The highest BCUT2D eigenvalue weighted by Gasteiger charge is 2.59. The van der Waals surface area contributed by atoms with E-state index < -0.39 is 80.9 Å². The number of hydrogen-bond acceptors (Lipinski definition) is 5. The third kappa shape index (κ3) is 3.39. The van der Waals surface area contributed by atoms with E-state index in [-0.39, 0.29) is 12.8 Å². The van der Waals surface area contributed by atoms with Gasteiger partial charge in [0.2, 0.25) is 0 Å². The van der Waals surface area contributed by atoms with E-state index in [4.69, 9.17) is 21.6 Å². The van der Waals surface area contributed by atoms with Gasteiger partial charge in [-0.15, -0.1) is 0 Å². The van der Waals surface area contributed by atoms with Crippen molar-refractivity contribution in [3.05, 3.63) is 53.0 Å². The third-order valence-corrected chi connectivity index (χ3v) is 5.94.